The summed E-state index contributed by atoms with van der Waals surface area (Å²) in [6.45, 7) is 0. The molecule has 112 valence electrons. The number of hydrogen-bond donors (Lipinski definition) is 1. The molecule has 0 saturated carbocycles. The van der Waals surface area contributed by atoms with Gasteiger partial charge < -0.3 is 9.52 Å². The zero-order valence-corrected chi connectivity index (χ0v) is 9.86. The monoisotopic (exact) mass is 308 g/mol. The maximum absolute atomic E-state index is 13.0. The Morgan fingerprint density at radius 2 is 1.81 bits per heavy atom. The summed E-state index contributed by atoms with van der Waals surface area (Å²) in [5, 5.41) is 14.5. The highest BCUT2D eigenvalue weighted by molar-refractivity contribution is 5.88. The van der Waals surface area contributed by atoms with Crippen molar-refractivity contribution >= 4 is 5.97 Å². The van der Waals surface area contributed by atoms with E-state index in [-0.39, 0.29) is 11.1 Å². The molecule has 0 aliphatic rings. The SMILES string of the molecule is O=C(O)c1cccc(-c2nnc(C(F)(F)C(F)(F)F)o2)c1. The van der Waals surface area contributed by atoms with Gasteiger partial charge in [0.2, 0.25) is 5.89 Å². The fourth-order valence-electron chi connectivity index (χ4n) is 1.37. The molecule has 0 unspecified atom stereocenters. The topological polar surface area (TPSA) is 76.2 Å². The van der Waals surface area contributed by atoms with Crippen LogP contribution in [0, 0.1) is 0 Å². The number of hydrogen-bond acceptors (Lipinski definition) is 4. The molecule has 1 aromatic carbocycles. The molecule has 5 nitrogen and oxygen atoms in total. The van der Waals surface area contributed by atoms with E-state index in [0.29, 0.717) is 0 Å². The van der Waals surface area contributed by atoms with Crippen LogP contribution in [-0.2, 0) is 5.92 Å². The first-order valence-corrected chi connectivity index (χ1v) is 5.25. The van der Waals surface area contributed by atoms with Crippen LogP contribution in [0.15, 0.2) is 28.7 Å². The minimum Gasteiger partial charge on any atom is -0.478 e. The molecule has 0 aliphatic heterocycles. The van der Waals surface area contributed by atoms with Crippen LogP contribution in [0.1, 0.15) is 16.2 Å². The molecule has 10 heteroatoms. The number of halogens is 5. The van der Waals surface area contributed by atoms with Crippen molar-refractivity contribution in [2.24, 2.45) is 0 Å². The predicted molar refractivity (Wildman–Crippen MR) is 56.6 cm³/mol. The minimum atomic E-state index is -5.88. The van der Waals surface area contributed by atoms with Gasteiger partial charge in [-0.15, -0.1) is 10.2 Å². The normalized spacial score (nSPS) is 12.4. The summed E-state index contributed by atoms with van der Waals surface area (Å²) in [7, 11) is 0. The van der Waals surface area contributed by atoms with E-state index in [1.165, 1.54) is 18.2 Å². The largest absolute Gasteiger partial charge is 0.478 e. The molecule has 0 bridgehead atoms. The lowest BCUT2D eigenvalue weighted by Crippen LogP contribution is -2.34. The van der Waals surface area contributed by atoms with Crippen molar-refractivity contribution in [2.75, 3.05) is 0 Å². The number of alkyl halides is 5. The Labute approximate surface area is 113 Å². The van der Waals surface area contributed by atoms with E-state index in [1.54, 1.807) is 0 Å². The molecule has 1 aromatic heterocycles. The molecular formula is C11H5F5N2O3. The number of carboxylic acids is 1. The molecule has 2 rings (SSSR count). The average molecular weight is 308 g/mol. The van der Waals surface area contributed by atoms with Gasteiger partial charge in [-0.1, -0.05) is 6.07 Å². The second-order valence-electron chi connectivity index (χ2n) is 3.87. The second-order valence-corrected chi connectivity index (χ2v) is 3.87. The van der Waals surface area contributed by atoms with Gasteiger partial charge in [0.05, 0.1) is 5.56 Å². The van der Waals surface area contributed by atoms with Crippen LogP contribution in [-0.4, -0.2) is 27.4 Å². The second kappa shape index (κ2) is 4.79. The van der Waals surface area contributed by atoms with E-state index < -0.39 is 29.8 Å². The lowest BCUT2D eigenvalue weighted by atomic mass is 10.1. The van der Waals surface area contributed by atoms with Gasteiger partial charge >= 0.3 is 18.1 Å². The van der Waals surface area contributed by atoms with E-state index in [1.807, 2.05) is 0 Å². The van der Waals surface area contributed by atoms with Crippen molar-refractivity contribution < 1.29 is 36.3 Å². The third-order valence-corrected chi connectivity index (χ3v) is 2.41. The molecule has 0 radical (unpaired) electrons. The Morgan fingerprint density at radius 3 is 2.38 bits per heavy atom. The number of carboxylic acid groups (broad SMARTS) is 1. The van der Waals surface area contributed by atoms with Crippen molar-refractivity contribution in [3.8, 4) is 11.5 Å². The maximum atomic E-state index is 13.0. The van der Waals surface area contributed by atoms with Gasteiger partial charge in [0.25, 0.3) is 5.89 Å². The quantitative estimate of drug-likeness (QED) is 0.882. The Balaban J connectivity index is 2.41. The van der Waals surface area contributed by atoms with E-state index >= 15 is 0 Å². The molecule has 0 saturated heterocycles. The molecule has 2 aromatic rings. The Kier molecular flexibility index (Phi) is 3.39. The van der Waals surface area contributed by atoms with Crippen molar-refractivity contribution in [1.29, 1.82) is 0 Å². The first kappa shape index (κ1) is 14.9. The number of nitrogens with zero attached hydrogens (tertiary/aromatic N) is 2. The lowest BCUT2D eigenvalue weighted by Gasteiger charge is -2.14. The zero-order chi connectivity index (χ0) is 15.8. The third-order valence-electron chi connectivity index (χ3n) is 2.41. The van der Waals surface area contributed by atoms with Crippen LogP contribution in [0.25, 0.3) is 11.5 Å². The fourth-order valence-corrected chi connectivity index (χ4v) is 1.37. The molecular weight excluding hydrogens is 303 g/mol. The van der Waals surface area contributed by atoms with Crippen LogP contribution >= 0.6 is 0 Å². The van der Waals surface area contributed by atoms with Gasteiger partial charge in [-0.3, -0.25) is 0 Å². The van der Waals surface area contributed by atoms with E-state index in [2.05, 4.69) is 14.6 Å². The van der Waals surface area contributed by atoms with Gasteiger partial charge in [0.1, 0.15) is 0 Å². The Hall–Kier alpha value is -2.52. The van der Waals surface area contributed by atoms with E-state index in [4.69, 9.17) is 5.11 Å². The van der Waals surface area contributed by atoms with Gasteiger partial charge in [0.15, 0.2) is 0 Å². The number of rotatable bonds is 3. The molecule has 0 spiro atoms. The number of benzene rings is 1. The van der Waals surface area contributed by atoms with Gasteiger partial charge in [-0.05, 0) is 18.2 Å². The molecule has 1 N–H and O–H groups in total. The third kappa shape index (κ3) is 2.69. The lowest BCUT2D eigenvalue weighted by molar-refractivity contribution is -0.297. The summed E-state index contributed by atoms with van der Waals surface area (Å²) in [4.78, 5) is 10.7. The fraction of sp³-hybridized carbons (Fsp3) is 0.182. The van der Waals surface area contributed by atoms with Crippen molar-refractivity contribution in [3.63, 3.8) is 0 Å². The summed E-state index contributed by atoms with van der Waals surface area (Å²) in [6, 6.07) is 4.69. The molecule has 0 aliphatic carbocycles. The van der Waals surface area contributed by atoms with Crippen molar-refractivity contribution in [2.45, 2.75) is 12.1 Å². The van der Waals surface area contributed by atoms with Crippen molar-refractivity contribution in [3.05, 3.63) is 35.7 Å². The highest BCUT2D eigenvalue weighted by atomic mass is 19.4. The highest BCUT2D eigenvalue weighted by Gasteiger charge is 2.63. The van der Waals surface area contributed by atoms with Gasteiger partial charge in [-0.2, -0.15) is 22.0 Å². The van der Waals surface area contributed by atoms with E-state index in [9.17, 15) is 26.7 Å². The van der Waals surface area contributed by atoms with Crippen LogP contribution < -0.4 is 0 Å². The van der Waals surface area contributed by atoms with Crippen molar-refractivity contribution in [1.82, 2.24) is 10.2 Å². The molecule has 1 heterocycles. The Bertz CT molecular complexity index is 680. The zero-order valence-electron chi connectivity index (χ0n) is 9.86. The molecule has 21 heavy (non-hydrogen) atoms. The van der Waals surface area contributed by atoms with E-state index in [0.717, 1.165) is 6.07 Å². The van der Waals surface area contributed by atoms with Crippen LogP contribution in [0.4, 0.5) is 22.0 Å². The van der Waals surface area contributed by atoms with Crippen LogP contribution in [0.5, 0.6) is 0 Å². The summed E-state index contributed by atoms with van der Waals surface area (Å²) in [5.41, 5.74) is -0.304. The minimum absolute atomic E-state index is 0.0911. The molecule has 0 atom stereocenters. The van der Waals surface area contributed by atoms with Gasteiger partial charge in [-0.25, -0.2) is 4.79 Å². The molecule has 0 fully saturated rings. The van der Waals surface area contributed by atoms with Crippen LogP contribution in [0.2, 0.25) is 0 Å². The summed E-state index contributed by atoms with van der Waals surface area (Å²) in [6.07, 6.45) is -5.88. The summed E-state index contributed by atoms with van der Waals surface area (Å²) >= 11 is 0. The van der Waals surface area contributed by atoms with Gasteiger partial charge in [0, 0.05) is 5.56 Å². The first-order chi connectivity index (χ1) is 9.63. The molecule has 0 amide bonds. The summed E-state index contributed by atoms with van der Waals surface area (Å²) < 4.78 is 66.7. The first-order valence-electron chi connectivity index (χ1n) is 5.25. The number of aromatic nitrogens is 2. The summed E-state index contributed by atoms with van der Waals surface area (Å²) in [5.74, 6) is -9.15. The van der Waals surface area contributed by atoms with Crippen LogP contribution in [0.3, 0.4) is 0 Å². The predicted octanol–water partition coefficient (Wildman–Crippen LogP) is 3.09. The standard InChI is InChI=1S/C11H5F5N2O3/c12-10(13,11(14,15)16)9-18-17-7(21-9)5-2-1-3-6(4-5)8(19)20/h1-4H,(H,19,20). The average Bonchev–Trinajstić information content (AvgIpc) is 2.87. The Morgan fingerprint density at radius 1 is 1.14 bits per heavy atom. The highest BCUT2D eigenvalue weighted by Crippen LogP contribution is 2.43. The number of carbonyl (C=O) groups is 1. The maximum Gasteiger partial charge on any atom is 0.463 e. The number of aromatic carboxylic acids is 1. The smallest absolute Gasteiger partial charge is 0.463 e.